The molecule has 1 aromatic heterocycles. The van der Waals surface area contributed by atoms with Crippen molar-refractivity contribution in [1.82, 2.24) is 52.8 Å². The van der Waals surface area contributed by atoms with Crippen LogP contribution in [0.2, 0.25) is 0 Å². The molecule has 0 aliphatic rings. The van der Waals surface area contributed by atoms with Crippen LogP contribution in [0.4, 0.5) is 0 Å². The Hall–Kier alpha value is -7.58. The van der Waals surface area contributed by atoms with Gasteiger partial charge in [-0.25, -0.2) is 0 Å². The molecule has 1 aromatic carbocycles. The molecule has 26 nitrogen and oxygen atoms in total. The number of H-pyrrole nitrogens is 1. The monoisotopic (exact) mass is 1040 g/mol. The Morgan fingerprint density at radius 2 is 1.09 bits per heavy atom. The van der Waals surface area contributed by atoms with Crippen LogP contribution in [-0.4, -0.2) is 148 Å². The van der Waals surface area contributed by atoms with Crippen molar-refractivity contribution in [3.05, 3.63) is 60.6 Å². The van der Waals surface area contributed by atoms with Gasteiger partial charge in [0.15, 0.2) is 0 Å². The molecule has 20 N–H and O–H groups in total. The van der Waals surface area contributed by atoms with Crippen LogP contribution in [0.3, 0.4) is 0 Å². The van der Waals surface area contributed by atoms with Crippen molar-refractivity contribution in [3.63, 3.8) is 0 Å². The average molecular weight is 1040 g/mol. The van der Waals surface area contributed by atoms with Gasteiger partial charge in [0.25, 0.3) is 0 Å². The van der Waals surface area contributed by atoms with E-state index in [1.54, 1.807) is 33.9 Å². The molecule has 410 valence electrons. The predicted molar refractivity (Wildman–Crippen MR) is 273 cm³/mol. The molecule has 10 amide bonds. The second-order valence-electron chi connectivity index (χ2n) is 18.7. The Kier molecular flexibility index (Phi) is 25.2. The number of fused-ring (bicyclic) bond motifs is 1. The normalized spacial score (nSPS) is 15.3. The first-order chi connectivity index (χ1) is 34.6. The minimum absolute atomic E-state index is 0.0268. The van der Waals surface area contributed by atoms with Gasteiger partial charge in [-0.15, -0.1) is 0 Å². The number of aliphatic hydroxyl groups is 2. The van der Waals surface area contributed by atoms with Gasteiger partial charge in [0.05, 0.1) is 30.4 Å². The largest absolute Gasteiger partial charge is 0.513 e. The maximum Gasteiger partial charge on any atom is 0.245 e. The lowest BCUT2D eigenvalue weighted by atomic mass is 9.99. The molecule has 10 atom stereocenters. The highest BCUT2D eigenvalue weighted by Crippen LogP contribution is 2.19. The minimum atomic E-state index is -1.74. The van der Waals surface area contributed by atoms with Crippen LogP contribution in [-0.2, 0) is 54.4 Å². The standard InChI is InChI=1S/C48H76N14O12/c1-22(2)38(60-45(71)34(18-24(5)63)59-44(70)32(53-17-16-49)14-15-36(50)65)25(6)55-35(20-37(51)66)46(72)62-40(28(9)64)48(74)57-27(8)43(69)61-39(23(3)4)47(73)56-26(7)42(68)58-33(41(52)67)19-29-21-54-31-13-11-10-12-30(29)31/h10-13,21-23,26-28,32-35,38-40,53-55,63-64H,5-6,14-20,49H2,1-4,7-9H3,(H2,50,65)(H2,51,66)(H2,52,67)(H,56,73)(H,57,74)(H,58,68)(H,59,70)(H,60,71)(H,61,69)(H,62,72)/t26-,27-,28-,32-,33+,34-,35+,38?,39?,40?/m0/s1. The van der Waals surface area contributed by atoms with E-state index in [1.807, 2.05) is 24.3 Å². The summed E-state index contributed by atoms with van der Waals surface area (Å²) in [6, 6.07) is -4.33. The number of aromatic nitrogens is 1. The smallest absolute Gasteiger partial charge is 0.245 e. The molecule has 74 heavy (non-hydrogen) atoms. The summed E-state index contributed by atoms with van der Waals surface area (Å²) in [6.45, 7) is 18.1. The van der Waals surface area contributed by atoms with E-state index >= 15 is 0 Å². The molecule has 2 aromatic rings. The summed E-state index contributed by atoms with van der Waals surface area (Å²) in [4.78, 5) is 134. The minimum Gasteiger partial charge on any atom is -0.513 e. The van der Waals surface area contributed by atoms with E-state index in [4.69, 9.17) is 22.9 Å². The third-order valence-corrected chi connectivity index (χ3v) is 11.6. The second-order valence-corrected chi connectivity index (χ2v) is 18.7. The van der Waals surface area contributed by atoms with E-state index < -0.39 is 150 Å². The molecule has 2 rings (SSSR count). The maximum absolute atomic E-state index is 13.8. The van der Waals surface area contributed by atoms with Crippen LogP contribution in [0.5, 0.6) is 0 Å². The average Bonchev–Trinajstić information content (AvgIpc) is 3.71. The second kappa shape index (κ2) is 29.8. The Morgan fingerprint density at radius 1 is 0.595 bits per heavy atom. The number of para-hydroxylation sites is 1. The number of hydrogen-bond acceptors (Lipinski definition) is 15. The lowest BCUT2D eigenvalue weighted by Gasteiger charge is -2.31. The molecule has 0 bridgehead atoms. The van der Waals surface area contributed by atoms with Crippen LogP contribution < -0.4 is 70.8 Å². The van der Waals surface area contributed by atoms with Gasteiger partial charge < -0.3 is 86.0 Å². The van der Waals surface area contributed by atoms with Gasteiger partial charge >= 0.3 is 0 Å². The molecule has 0 saturated heterocycles. The summed E-state index contributed by atoms with van der Waals surface area (Å²) < 4.78 is 0. The van der Waals surface area contributed by atoms with Crippen molar-refractivity contribution in [2.24, 2.45) is 34.8 Å². The molecule has 26 heteroatoms. The lowest BCUT2D eigenvalue weighted by Crippen LogP contribution is -2.61. The molecular formula is C48H76N14O12. The molecule has 0 saturated carbocycles. The van der Waals surface area contributed by atoms with Crippen molar-refractivity contribution in [3.8, 4) is 0 Å². The summed E-state index contributed by atoms with van der Waals surface area (Å²) in [5.41, 5.74) is 23.4. The maximum atomic E-state index is 13.8. The van der Waals surface area contributed by atoms with E-state index in [1.165, 1.54) is 20.8 Å². The molecule has 0 radical (unpaired) electrons. The van der Waals surface area contributed by atoms with E-state index in [9.17, 15) is 58.2 Å². The van der Waals surface area contributed by atoms with E-state index in [-0.39, 0.29) is 38.0 Å². The Morgan fingerprint density at radius 3 is 1.61 bits per heavy atom. The fourth-order valence-electron chi connectivity index (χ4n) is 7.47. The number of nitrogens with two attached hydrogens (primary N) is 4. The first-order valence-electron chi connectivity index (χ1n) is 24.0. The lowest BCUT2D eigenvalue weighted by molar-refractivity contribution is -0.136. The molecule has 0 fully saturated rings. The van der Waals surface area contributed by atoms with Gasteiger partial charge in [0.2, 0.25) is 59.1 Å². The van der Waals surface area contributed by atoms with Gasteiger partial charge in [-0.3, -0.25) is 47.9 Å². The van der Waals surface area contributed by atoms with Crippen LogP contribution in [0.15, 0.2) is 55.1 Å². The number of amides is 10. The third kappa shape index (κ3) is 20.1. The number of carbonyl (C=O) groups is 10. The summed E-state index contributed by atoms with van der Waals surface area (Å²) in [6.07, 6.45) is -1.13. The van der Waals surface area contributed by atoms with Gasteiger partial charge in [0, 0.05) is 55.1 Å². The SMILES string of the molecule is C=C(O)C[C@H](NC(=O)[C@H](CCC(N)=O)NCCN)C(=O)NC(C(=C)N[C@H](CC(N)=O)C(=O)NC(C(=O)N[C@@H](C)C(=O)NC(C(=O)N[C@@H](C)C(=O)N[C@H](Cc1c[nH]c2ccccc12)C(N)=O)C(C)C)[C@H](C)O)C(C)C. The Bertz CT molecular complexity index is 2350. The summed E-state index contributed by atoms with van der Waals surface area (Å²) >= 11 is 0. The van der Waals surface area contributed by atoms with Crippen LogP contribution >= 0.6 is 0 Å². The van der Waals surface area contributed by atoms with Crippen LogP contribution in [0, 0.1) is 11.8 Å². The Balaban J connectivity index is 2.16. The number of aliphatic hydroxyl groups excluding tert-OH is 2. The highest BCUT2D eigenvalue weighted by molar-refractivity contribution is 5.97. The van der Waals surface area contributed by atoms with Crippen molar-refractivity contribution in [1.29, 1.82) is 0 Å². The number of benzene rings is 1. The summed E-state index contributed by atoms with van der Waals surface area (Å²) in [5.74, 6) is -9.94. The number of aromatic amines is 1. The molecule has 0 aliphatic carbocycles. The fraction of sp³-hybridized carbons (Fsp3) is 0.542. The van der Waals surface area contributed by atoms with E-state index in [0.29, 0.717) is 0 Å². The zero-order chi connectivity index (χ0) is 56.1. The van der Waals surface area contributed by atoms with Gasteiger partial charge in [-0.05, 0) is 50.7 Å². The van der Waals surface area contributed by atoms with Crippen LogP contribution in [0.1, 0.15) is 79.7 Å². The van der Waals surface area contributed by atoms with Crippen molar-refractivity contribution in [2.75, 3.05) is 13.1 Å². The van der Waals surface area contributed by atoms with Crippen LogP contribution in [0.25, 0.3) is 10.9 Å². The first-order valence-corrected chi connectivity index (χ1v) is 24.0. The molecule has 0 spiro atoms. The van der Waals surface area contributed by atoms with Crippen molar-refractivity contribution >= 4 is 70.0 Å². The van der Waals surface area contributed by atoms with Gasteiger partial charge in [0.1, 0.15) is 42.3 Å². The zero-order valence-corrected chi connectivity index (χ0v) is 43.0. The van der Waals surface area contributed by atoms with Crippen molar-refractivity contribution < 1.29 is 58.2 Å². The van der Waals surface area contributed by atoms with E-state index in [2.05, 4.69) is 66.0 Å². The fourth-order valence-corrected chi connectivity index (χ4v) is 7.47. The van der Waals surface area contributed by atoms with Gasteiger partial charge in [-0.1, -0.05) is 59.1 Å². The molecule has 3 unspecified atom stereocenters. The number of primary amides is 3. The number of nitrogens with one attached hydrogen (secondary N) is 10. The van der Waals surface area contributed by atoms with Gasteiger partial charge in [-0.2, -0.15) is 0 Å². The molecular weight excluding hydrogens is 965 g/mol. The quantitative estimate of drug-likeness (QED) is 0.0306. The summed E-state index contributed by atoms with van der Waals surface area (Å²) in [5, 5.41) is 44.7. The molecule has 0 aliphatic heterocycles. The topological polar surface area (TPSA) is 439 Å². The highest BCUT2D eigenvalue weighted by Gasteiger charge is 2.36. The summed E-state index contributed by atoms with van der Waals surface area (Å²) in [7, 11) is 0. The number of carbonyl (C=O) groups excluding carboxylic acids is 10. The number of hydrogen-bond donors (Lipinski definition) is 16. The van der Waals surface area contributed by atoms with E-state index in [0.717, 1.165) is 16.5 Å². The highest BCUT2D eigenvalue weighted by atomic mass is 16.3. The third-order valence-electron chi connectivity index (χ3n) is 11.6. The predicted octanol–water partition coefficient (Wildman–Crippen LogP) is -3.69. The Labute approximate surface area is 429 Å². The number of rotatable bonds is 33. The first kappa shape index (κ1) is 62.5. The zero-order valence-electron chi connectivity index (χ0n) is 43.0. The van der Waals surface area contributed by atoms with Crippen molar-refractivity contribution in [2.45, 2.75) is 141 Å². The molecule has 1 heterocycles.